The van der Waals surface area contributed by atoms with E-state index in [9.17, 15) is 17.6 Å². The molecule has 0 amide bonds. The molecule has 0 fully saturated rings. The lowest BCUT2D eigenvalue weighted by atomic mass is 9.96. The van der Waals surface area contributed by atoms with Crippen LogP contribution in [0.15, 0.2) is 30.3 Å². The predicted octanol–water partition coefficient (Wildman–Crippen LogP) is 3.60. The van der Waals surface area contributed by atoms with Gasteiger partial charge in [0.15, 0.2) is 0 Å². The average Bonchev–Trinajstić information content (AvgIpc) is 2.30. The molecule has 0 heterocycles. The van der Waals surface area contributed by atoms with Crippen molar-refractivity contribution in [1.82, 2.24) is 0 Å². The van der Waals surface area contributed by atoms with E-state index in [0.717, 1.165) is 0 Å². The fourth-order valence-corrected chi connectivity index (χ4v) is 1.91. The van der Waals surface area contributed by atoms with Gasteiger partial charge in [-0.25, -0.2) is 17.6 Å². The average molecular weight is 269 g/mol. The van der Waals surface area contributed by atoms with Crippen LogP contribution in [0, 0.1) is 30.2 Å². The first kappa shape index (κ1) is 13.5. The molecule has 2 aromatic carbocycles. The van der Waals surface area contributed by atoms with Crippen LogP contribution in [0.5, 0.6) is 0 Å². The van der Waals surface area contributed by atoms with Crippen LogP contribution < -0.4 is 5.73 Å². The third kappa shape index (κ3) is 2.61. The molecule has 0 aliphatic rings. The van der Waals surface area contributed by atoms with Gasteiger partial charge in [-0.1, -0.05) is 17.7 Å². The van der Waals surface area contributed by atoms with E-state index in [1.54, 1.807) is 6.92 Å². The maximum atomic E-state index is 13.6. The minimum atomic E-state index is -1.33. The lowest BCUT2D eigenvalue weighted by Crippen LogP contribution is -2.17. The van der Waals surface area contributed by atoms with Gasteiger partial charge in [-0.15, -0.1) is 0 Å². The second kappa shape index (κ2) is 5.01. The molecule has 0 bridgehead atoms. The van der Waals surface area contributed by atoms with Crippen LogP contribution in [0.25, 0.3) is 0 Å². The molecule has 0 spiro atoms. The molecule has 0 saturated carbocycles. The summed E-state index contributed by atoms with van der Waals surface area (Å²) in [5.74, 6) is -3.98. The number of halogens is 4. The van der Waals surface area contributed by atoms with Crippen molar-refractivity contribution in [2.24, 2.45) is 5.73 Å². The number of hydrogen-bond acceptors (Lipinski definition) is 1. The van der Waals surface area contributed by atoms with Gasteiger partial charge in [-0.3, -0.25) is 0 Å². The van der Waals surface area contributed by atoms with E-state index in [1.165, 1.54) is 18.2 Å². The number of benzene rings is 2. The molecule has 0 aliphatic carbocycles. The van der Waals surface area contributed by atoms with Crippen LogP contribution in [0.4, 0.5) is 17.6 Å². The summed E-state index contributed by atoms with van der Waals surface area (Å²) in [6.07, 6.45) is 0. The highest BCUT2D eigenvalue weighted by atomic mass is 19.1. The zero-order valence-corrected chi connectivity index (χ0v) is 10.1. The van der Waals surface area contributed by atoms with Crippen LogP contribution in [-0.4, -0.2) is 0 Å². The lowest BCUT2D eigenvalue weighted by Gasteiger charge is -2.16. The molecule has 19 heavy (non-hydrogen) atoms. The Morgan fingerprint density at radius 3 is 2.05 bits per heavy atom. The molecule has 0 aromatic heterocycles. The minimum Gasteiger partial charge on any atom is -0.320 e. The quantitative estimate of drug-likeness (QED) is 0.828. The van der Waals surface area contributed by atoms with Crippen molar-refractivity contribution in [1.29, 1.82) is 0 Å². The Kier molecular flexibility index (Phi) is 3.57. The standard InChI is InChI=1S/C14H11F4N/c1-7-2-3-10(16)9(4-7)14(19)13-11(17)5-8(15)6-12(13)18/h2-6,14H,19H2,1H3. The summed E-state index contributed by atoms with van der Waals surface area (Å²) >= 11 is 0. The third-order valence-electron chi connectivity index (χ3n) is 2.84. The molecule has 5 heteroatoms. The molecular formula is C14H11F4N. The number of nitrogens with two attached hydrogens (primary N) is 1. The van der Waals surface area contributed by atoms with Gasteiger partial charge in [0.1, 0.15) is 23.3 Å². The topological polar surface area (TPSA) is 26.0 Å². The van der Waals surface area contributed by atoms with E-state index in [4.69, 9.17) is 5.73 Å². The Morgan fingerprint density at radius 2 is 1.47 bits per heavy atom. The molecule has 0 saturated heterocycles. The maximum Gasteiger partial charge on any atom is 0.134 e. The molecule has 0 aliphatic heterocycles. The van der Waals surface area contributed by atoms with Crippen molar-refractivity contribution in [2.45, 2.75) is 13.0 Å². The molecule has 2 aromatic rings. The Labute approximate surface area is 107 Å². The molecular weight excluding hydrogens is 258 g/mol. The van der Waals surface area contributed by atoms with Gasteiger partial charge in [-0.05, 0) is 13.0 Å². The Morgan fingerprint density at radius 1 is 0.895 bits per heavy atom. The fraction of sp³-hybridized carbons (Fsp3) is 0.143. The fourth-order valence-electron chi connectivity index (χ4n) is 1.91. The first-order chi connectivity index (χ1) is 8.90. The van der Waals surface area contributed by atoms with Gasteiger partial charge in [-0.2, -0.15) is 0 Å². The van der Waals surface area contributed by atoms with E-state index in [2.05, 4.69) is 0 Å². The summed E-state index contributed by atoms with van der Waals surface area (Å²) in [7, 11) is 0. The Balaban J connectivity index is 2.56. The first-order valence-electron chi connectivity index (χ1n) is 5.56. The third-order valence-corrected chi connectivity index (χ3v) is 2.84. The minimum absolute atomic E-state index is 0.0376. The molecule has 1 atom stereocenters. The van der Waals surface area contributed by atoms with Crippen molar-refractivity contribution >= 4 is 0 Å². The first-order valence-corrected chi connectivity index (χ1v) is 5.56. The normalized spacial score (nSPS) is 12.5. The van der Waals surface area contributed by atoms with Crippen LogP contribution in [0.1, 0.15) is 22.7 Å². The zero-order valence-electron chi connectivity index (χ0n) is 10.1. The van der Waals surface area contributed by atoms with Gasteiger partial charge in [0.25, 0.3) is 0 Å². The predicted molar refractivity (Wildman–Crippen MR) is 63.5 cm³/mol. The maximum absolute atomic E-state index is 13.6. The number of hydrogen-bond donors (Lipinski definition) is 1. The SMILES string of the molecule is Cc1ccc(F)c(C(N)c2c(F)cc(F)cc2F)c1. The highest BCUT2D eigenvalue weighted by molar-refractivity contribution is 5.36. The van der Waals surface area contributed by atoms with E-state index in [-0.39, 0.29) is 5.56 Å². The van der Waals surface area contributed by atoms with Crippen molar-refractivity contribution in [2.75, 3.05) is 0 Å². The lowest BCUT2D eigenvalue weighted by molar-refractivity contribution is 0.509. The second-order valence-electron chi connectivity index (χ2n) is 4.29. The largest absolute Gasteiger partial charge is 0.320 e. The summed E-state index contributed by atoms with van der Waals surface area (Å²) in [6.45, 7) is 1.70. The summed E-state index contributed by atoms with van der Waals surface area (Å²) in [4.78, 5) is 0. The van der Waals surface area contributed by atoms with Gasteiger partial charge in [0.2, 0.25) is 0 Å². The summed E-state index contributed by atoms with van der Waals surface area (Å²) in [5.41, 5.74) is 5.81. The van der Waals surface area contributed by atoms with Crippen molar-refractivity contribution in [3.63, 3.8) is 0 Å². The van der Waals surface area contributed by atoms with Crippen molar-refractivity contribution in [3.8, 4) is 0 Å². The van der Waals surface area contributed by atoms with Gasteiger partial charge >= 0.3 is 0 Å². The molecule has 0 radical (unpaired) electrons. The highest BCUT2D eigenvalue weighted by Gasteiger charge is 2.22. The van der Waals surface area contributed by atoms with E-state index < -0.39 is 34.9 Å². The van der Waals surface area contributed by atoms with Crippen LogP contribution >= 0.6 is 0 Å². The van der Waals surface area contributed by atoms with E-state index in [0.29, 0.717) is 17.7 Å². The zero-order chi connectivity index (χ0) is 14.2. The molecule has 1 unspecified atom stereocenters. The van der Waals surface area contributed by atoms with Crippen molar-refractivity contribution in [3.05, 3.63) is 70.3 Å². The van der Waals surface area contributed by atoms with Crippen LogP contribution in [0.3, 0.4) is 0 Å². The monoisotopic (exact) mass is 269 g/mol. The molecule has 100 valence electrons. The molecule has 2 N–H and O–H groups in total. The Bertz CT molecular complexity index is 602. The van der Waals surface area contributed by atoms with Crippen LogP contribution in [0.2, 0.25) is 0 Å². The second-order valence-corrected chi connectivity index (χ2v) is 4.29. The number of rotatable bonds is 2. The molecule has 1 nitrogen and oxygen atoms in total. The summed E-state index contributed by atoms with van der Waals surface area (Å²) in [6, 6.07) is 3.80. The van der Waals surface area contributed by atoms with Gasteiger partial charge in [0, 0.05) is 23.3 Å². The number of aryl methyl sites for hydroxylation is 1. The summed E-state index contributed by atoms with van der Waals surface area (Å²) in [5, 5.41) is 0. The molecule has 2 rings (SSSR count). The van der Waals surface area contributed by atoms with E-state index >= 15 is 0 Å². The van der Waals surface area contributed by atoms with Gasteiger partial charge < -0.3 is 5.73 Å². The van der Waals surface area contributed by atoms with Crippen LogP contribution in [-0.2, 0) is 0 Å². The Hall–Kier alpha value is -1.88. The van der Waals surface area contributed by atoms with E-state index in [1.807, 2.05) is 0 Å². The van der Waals surface area contributed by atoms with Gasteiger partial charge in [0.05, 0.1) is 6.04 Å². The smallest absolute Gasteiger partial charge is 0.134 e. The van der Waals surface area contributed by atoms with Crippen molar-refractivity contribution < 1.29 is 17.6 Å². The summed E-state index contributed by atoms with van der Waals surface area (Å²) < 4.78 is 53.7. The highest BCUT2D eigenvalue weighted by Crippen LogP contribution is 2.28.